The Morgan fingerprint density at radius 1 is 1.50 bits per heavy atom. The first-order chi connectivity index (χ1) is 4.85. The molecule has 62 valence electrons. The van der Waals surface area contributed by atoms with Gasteiger partial charge in [0.25, 0.3) is 0 Å². The van der Waals surface area contributed by atoms with Gasteiger partial charge in [0, 0.05) is 7.11 Å². The zero-order chi connectivity index (χ0) is 7.82. The Morgan fingerprint density at radius 3 is 2.00 bits per heavy atom. The molecule has 0 unspecified atom stereocenters. The minimum absolute atomic E-state index is 0.616. The molecular weight excluding hydrogens is 126 g/mol. The van der Waals surface area contributed by atoms with E-state index in [1.54, 1.807) is 7.11 Å². The number of methoxy groups -OCH3 is 1. The van der Waals surface area contributed by atoms with Crippen molar-refractivity contribution in [2.75, 3.05) is 20.7 Å². The lowest BCUT2D eigenvalue weighted by Gasteiger charge is -2.22. The highest BCUT2D eigenvalue weighted by atomic mass is 16.5. The quantitative estimate of drug-likeness (QED) is 0.634. The molecule has 2 heteroatoms. The van der Waals surface area contributed by atoms with Gasteiger partial charge in [-0.2, -0.15) is 0 Å². The summed E-state index contributed by atoms with van der Waals surface area (Å²) >= 11 is 0. The van der Waals surface area contributed by atoms with Gasteiger partial charge in [0.1, 0.15) is 0 Å². The van der Waals surface area contributed by atoms with Crippen LogP contribution < -0.4 is 5.32 Å². The summed E-state index contributed by atoms with van der Waals surface area (Å²) in [5, 5.41) is 2.93. The van der Waals surface area contributed by atoms with E-state index in [0.29, 0.717) is 6.10 Å². The third-order valence-corrected chi connectivity index (χ3v) is 1.74. The summed E-state index contributed by atoms with van der Waals surface area (Å²) in [4.78, 5) is 0. The first kappa shape index (κ1) is 9.92. The van der Waals surface area contributed by atoms with E-state index in [0.717, 1.165) is 6.54 Å². The van der Waals surface area contributed by atoms with Crippen molar-refractivity contribution in [1.29, 1.82) is 0 Å². The van der Waals surface area contributed by atoms with Gasteiger partial charge in [-0.05, 0) is 32.9 Å². The molecule has 0 bridgehead atoms. The van der Waals surface area contributed by atoms with Crippen molar-refractivity contribution in [3.8, 4) is 0 Å². The number of hydrogen-bond acceptors (Lipinski definition) is 2. The first-order valence-electron chi connectivity index (χ1n) is 4.02. The first-order valence-corrected chi connectivity index (χ1v) is 4.02. The van der Waals surface area contributed by atoms with Crippen molar-refractivity contribution < 1.29 is 4.74 Å². The summed E-state index contributed by atoms with van der Waals surface area (Å²) < 4.78 is 4.99. The summed E-state index contributed by atoms with van der Waals surface area (Å²) in [5.41, 5.74) is 0. The second kappa shape index (κ2) is 7.03. The van der Waals surface area contributed by atoms with Crippen LogP contribution in [-0.4, -0.2) is 26.8 Å². The maximum atomic E-state index is 4.99. The van der Waals surface area contributed by atoms with E-state index < -0.39 is 0 Å². The van der Waals surface area contributed by atoms with Crippen LogP contribution in [0.15, 0.2) is 0 Å². The Bertz CT molecular complexity index is 57.5. The molecule has 0 spiro atoms. The maximum Gasteiger partial charge on any atom is 0.0571 e. The van der Waals surface area contributed by atoms with Gasteiger partial charge in [-0.1, -0.05) is 6.92 Å². The molecule has 1 saturated carbocycles. The minimum atomic E-state index is 0.616. The monoisotopic (exact) mass is 145 g/mol. The van der Waals surface area contributed by atoms with Crippen molar-refractivity contribution in [2.24, 2.45) is 0 Å². The van der Waals surface area contributed by atoms with E-state index in [4.69, 9.17) is 4.74 Å². The van der Waals surface area contributed by atoms with E-state index >= 15 is 0 Å². The molecule has 0 amide bonds. The predicted octanol–water partition coefficient (Wildman–Crippen LogP) is 1.41. The van der Waals surface area contributed by atoms with E-state index in [9.17, 15) is 0 Å². The molecule has 0 aromatic carbocycles. The third-order valence-electron chi connectivity index (χ3n) is 1.74. The van der Waals surface area contributed by atoms with Crippen molar-refractivity contribution in [3.63, 3.8) is 0 Å². The average molecular weight is 145 g/mol. The molecule has 0 atom stereocenters. The third kappa shape index (κ3) is 4.77. The van der Waals surface area contributed by atoms with E-state index in [2.05, 4.69) is 12.2 Å². The largest absolute Gasteiger partial charge is 0.381 e. The molecule has 0 heterocycles. The van der Waals surface area contributed by atoms with Crippen molar-refractivity contribution >= 4 is 0 Å². The molecule has 1 N–H and O–H groups in total. The van der Waals surface area contributed by atoms with Gasteiger partial charge in [0.15, 0.2) is 0 Å². The number of nitrogens with one attached hydrogen (secondary N) is 1. The molecule has 0 radical (unpaired) electrons. The fourth-order valence-electron chi connectivity index (χ4n) is 0.606. The molecule has 0 saturated heterocycles. The lowest BCUT2D eigenvalue weighted by atomic mass is 9.96. The molecule has 1 aliphatic rings. The van der Waals surface area contributed by atoms with Crippen LogP contribution in [0.2, 0.25) is 0 Å². The van der Waals surface area contributed by atoms with Gasteiger partial charge in [0.05, 0.1) is 6.10 Å². The Balaban J connectivity index is 0.000000180. The summed E-state index contributed by atoms with van der Waals surface area (Å²) in [5.74, 6) is 0. The molecule has 0 aliphatic heterocycles. The van der Waals surface area contributed by atoms with Crippen LogP contribution in [0.25, 0.3) is 0 Å². The normalized spacial score (nSPS) is 17.1. The highest BCUT2D eigenvalue weighted by Gasteiger charge is 2.14. The van der Waals surface area contributed by atoms with Crippen LogP contribution in [0.1, 0.15) is 26.2 Å². The summed E-state index contributed by atoms with van der Waals surface area (Å²) in [7, 11) is 3.71. The highest BCUT2D eigenvalue weighted by Crippen LogP contribution is 2.20. The summed E-state index contributed by atoms with van der Waals surface area (Å²) in [6, 6.07) is 0. The fraction of sp³-hybridized carbons (Fsp3) is 1.00. The van der Waals surface area contributed by atoms with Crippen LogP contribution in [0.3, 0.4) is 0 Å². The molecule has 0 aromatic rings. The predicted molar refractivity (Wildman–Crippen MR) is 44.2 cm³/mol. The van der Waals surface area contributed by atoms with Crippen LogP contribution in [-0.2, 0) is 4.74 Å². The van der Waals surface area contributed by atoms with E-state index in [-0.39, 0.29) is 0 Å². The van der Waals surface area contributed by atoms with Crippen LogP contribution in [0, 0.1) is 0 Å². The van der Waals surface area contributed by atoms with Crippen LogP contribution in [0.5, 0.6) is 0 Å². The van der Waals surface area contributed by atoms with Crippen molar-refractivity contribution in [1.82, 2.24) is 5.32 Å². The van der Waals surface area contributed by atoms with Crippen molar-refractivity contribution in [3.05, 3.63) is 0 Å². The Hall–Kier alpha value is -0.0800. The van der Waals surface area contributed by atoms with E-state index in [1.165, 1.54) is 19.3 Å². The number of ether oxygens (including phenoxy) is 1. The minimum Gasteiger partial charge on any atom is -0.381 e. The molecule has 2 nitrogen and oxygen atoms in total. The smallest absolute Gasteiger partial charge is 0.0571 e. The zero-order valence-electron chi connectivity index (χ0n) is 7.31. The van der Waals surface area contributed by atoms with Gasteiger partial charge in [-0.25, -0.2) is 0 Å². The lowest BCUT2D eigenvalue weighted by molar-refractivity contribution is 0.0412. The second-order valence-electron chi connectivity index (χ2n) is 2.50. The van der Waals surface area contributed by atoms with Gasteiger partial charge >= 0.3 is 0 Å². The second-order valence-corrected chi connectivity index (χ2v) is 2.50. The SMILES string of the molecule is CCNC.COC1CCC1. The molecule has 1 fully saturated rings. The Morgan fingerprint density at radius 2 is 2.00 bits per heavy atom. The fourth-order valence-corrected chi connectivity index (χ4v) is 0.606. The number of rotatable bonds is 2. The maximum absolute atomic E-state index is 4.99. The Labute approximate surface area is 64.0 Å². The average Bonchev–Trinajstić information content (AvgIpc) is 1.87. The molecule has 1 aliphatic carbocycles. The standard InChI is InChI=1S/C5H10O.C3H9N/c1-6-5-3-2-4-5;1-3-4-2/h5H,2-4H2,1H3;4H,3H2,1-2H3. The van der Waals surface area contributed by atoms with Gasteiger partial charge in [-0.3, -0.25) is 0 Å². The van der Waals surface area contributed by atoms with Crippen molar-refractivity contribution in [2.45, 2.75) is 32.3 Å². The summed E-state index contributed by atoms with van der Waals surface area (Å²) in [6.45, 7) is 3.14. The topological polar surface area (TPSA) is 21.3 Å². The van der Waals surface area contributed by atoms with Gasteiger partial charge in [-0.15, -0.1) is 0 Å². The highest BCUT2D eigenvalue weighted by molar-refractivity contribution is 4.67. The van der Waals surface area contributed by atoms with Gasteiger partial charge in [0.2, 0.25) is 0 Å². The van der Waals surface area contributed by atoms with Gasteiger partial charge < -0.3 is 10.1 Å². The van der Waals surface area contributed by atoms with Crippen LogP contribution in [0.4, 0.5) is 0 Å². The molecule has 0 aromatic heterocycles. The Kier molecular flexibility index (Phi) is 6.98. The summed E-state index contributed by atoms with van der Waals surface area (Å²) in [6.07, 6.45) is 4.57. The number of hydrogen-bond donors (Lipinski definition) is 1. The molecule has 10 heavy (non-hydrogen) atoms. The zero-order valence-corrected chi connectivity index (χ0v) is 7.31. The van der Waals surface area contributed by atoms with Crippen LogP contribution >= 0.6 is 0 Å². The molecule has 1 rings (SSSR count). The lowest BCUT2D eigenvalue weighted by Crippen LogP contribution is -2.18. The van der Waals surface area contributed by atoms with E-state index in [1.807, 2.05) is 7.05 Å². The molecular formula is C8H19NO.